The maximum Gasteiger partial charge on any atom is 0.127 e. The third kappa shape index (κ3) is 2.23. The summed E-state index contributed by atoms with van der Waals surface area (Å²) >= 11 is 12.1. The van der Waals surface area contributed by atoms with Gasteiger partial charge in [-0.1, -0.05) is 35.3 Å². The van der Waals surface area contributed by atoms with E-state index in [1.165, 1.54) is 0 Å². The number of benzene rings is 1. The molecule has 1 aliphatic heterocycles. The molecule has 6 heteroatoms. The molecule has 0 saturated heterocycles. The van der Waals surface area contributed by atoms with Gasteiger partial charge in [0.25, 0.3) is 0 Å². The quantitative estimate of drug-likeness (QED) is 0.491. The van der Waals surface area contributed by atoms with Crippen LogP contribution >= 0.6 is 23.2 Å². The first kappa shape index (κ1) is 11.8. The number of hydrogen-bond acceptors (Lipinski definition) is 3. The highest BCUT2D eigenvalue weighted by atomic mass is 35.5. The summed E-state index contributed by atoms with van der Waals surface area (Å²) in [5, 5.41) is 14.3. The molecule has 1 heterocycles. The van der Waals surface area contributed by atoms with Gasteiger partial charge in [0.15, 0.2) is 0 Å². The summed E-state index contributed by atoms with van der Waals surface area (Å²) < 4.78 is 0. The lowest BCUT2D eigenvalue weighted by atomic mass is 10.0. The highest BCUT2D eigenvalue weighted by Gasteiger charge is 2.17. The standard InChI is InChI=1S/C11H10Cl2N4/c12-7-3-1-2-6(9(7)13)8(10(14)15)11-16-4-5-17-11/h1-5,16-17H,(H3,14,15). The molecule has 0 unspecified atom stereocenters. The van der Waals surface area contributed by atoms with Crippen molar-refractivity contribution in [3.63, 3.8) is 0 Å². The van der Waals surface area contributed by atoms with E-state index in [-0.39, 0.29) is 5.84 Å². The molecule has 2 rings (SSSR count). The van der Waals surface area contributed by atoms with E-state index in [2.05, 4.69) is 10.6 Å². The van der Waals surface area contributed by atoms with E-state index >= 15 is 0 Å². The van der Waals surface area contributed by atoms with Crippen LogP contribution in [0, 0.1) is 5.41 Å². The van der Waals surface area contributed by atoms with E-state index < -0.39 is 0 Å². The number of halogens is 2. The van der Waals surface area contributed by atoms with E-state index in [0.29, 0.717) is 27.0 Å². The Balaban J connectivity index is 2.59. The third-order valence-electron chi connectivity index (χ3n) is 2.28. The minimum absolute atomic E-state index is 0.0899. The lowest BCUT2D eigenvalue weighted by Gasteiger charge is -2.13. The van der Waals surface area contributed by atoms with Crippen LogP contribution in [-0.2, 0) is 0 Å². The molecule has 4 nitrogen and oxygen atoms in total. The molecule has 17 heavy (non-hydrogen) atoms. The van der Waals surface area contributed by atoms with Gasteiger partial charge in [-0.05, 0) is 6.07 Å². The van der Waals surface area contributed by atoms with Crippen LogP contribution in [0.5, 0.6) is 0 Å². The van der Waals surface area contributed by atoms with Crippen LogP contribution in [0.1, 0.15) is 5.56 Å². The average Bonchev–Trinajstić information content (AvgIpc) is 2.77. The summed E-state index contributed by atoms with van der Waals surface area (Å²) in [4.78, 5) is 0. The number of hydrogen-bond donors (Lipinski definition) is 4. The molecule has 0 bridgehead atoms. The fourth-order valence-corrected chi connectivity index (χ4v) is 1.94. The first-order chi connectivity index (χ1) is 8.11. The molecule has 0 aromatic heterocycles. The van der Waals surface area contributed by atoms with Crippen LogP contribution < -0.4 is 16.4 Å². The third-order valence-corrected chi connectivity index (χ3v) is 3.10. The number of nitrogens with two attached hydrogens (primary N) is 1. The lowest BCUT2D eigenvalue weighted by Crippen LogP contribution is -2.22. The molecule has 1 aromatic rings. The van der Waals surface area contributed by atoms with Gasteiger partial charge in [0.2, 0.25) is 0 Å². The van der Waals surface area contributed by atoms with Crippen LogP contribution in [0.25, 0.3) is 5.57 Å². The Morgan fingerprint density at radius 3 is 2.41 bits per heavy atom. The number of nitrogens with one attached hydrogen (secondary N) is 3. The largest absolute Gasteiger partial charge is 0.384 e. The lowest BCUT2D eigenvalue weighted by molar-refractivity contribution is 0.997. The minimum Gasteiger partial charge on any atom is -0.384 e. The maximum atomic E-state index is 7.63. The van der Waals surface area contributed by atoms with E-state index in [1.807, 2.05) is 0 Å². The van der Waals surface area contributed by atoms with Gasteiger partial charge in [-0.2, -0.15) is 0 Å². The van der Waals surface area contributed by atoms with Crippen LogP contribution in [0.15, 0.2) is 36.4 Å². The Morgan fingerprint density at radius 1 is 1.18 bits per heavy atom. The van der Waals surface area contributed by atoms with Gasteiger partial charge in [-0.3, -0.25) is 5.41 Å². The van der Waals surface area contributed by atoms with Crippen LogP contribution in [0.3, 0.4) is 0 Å². The molecule has 0 radical (unpaired) electrons. The normalized spacial score (nSPS) is 13.2. The SMILES string of the molecule is N=C(N)C(=C1NC=CN1)c1cccc(Cl)c1Cl. The second kappa shape index (κ2) is 4.69. The molecule has 0 atom stereocenters. The second-order valence-corrected chi connectivity index (χ2v) is 4.17. The molecule has 1 aliphatic rings. The summed E-state index contributed by atoms with van der Waals surface area (Å²) in [5.74, 6) is 0.523. The zero-order valence-electron chi connectivity index (χ0n) is 8.72. The van der Waals surface area contributed by atoms with Crippen molar-refractivity contribution in [3.05, 3.63) is 52.0 Å². The molecule has 88 valence electrons. The molecule has 0 amide bonds. The predicted molar refractivity (Wildman–Crippen MR) is 70.7 cm³/mol. The molecule has 1 aromatic carbocycles. The maximum absolute atomic E-state index is 7.63. The van der Waals surface area contributed by atoms with Crippen molar-refractivity contribution < 1.29 is 0 Å². The van der Waals surface area contributed by atoms with Gasteiger partial charge in [0.05, 0.1) is 15.6 Å². The summed E-state index contributed by atoms with van der Waals surface area (Å²) in [7, 11) is 0. The fourth-order valence-electron chi connectivity index (χ4n) is 1.55. The van der Waals surface area contributed by atoms with Crippen LogP contribution in [0.2, 0.25) is 10.0 Å². The number of amidine groups is 1. The van der Waals surface area contributed by atoms with E-state index in [9.17, 15) is 0 Å². The van der Waals surface area contributed by atoms with E-state index in [4.69, 9.17) is 34.3 Å². The Labute approximate surface area is 109 Å². The fraction of sp³-hybridized carbons (Fsp3) is 0. The van der Waals surface area contributed by atoms with Gasteiger partial charge >= 0.3 is 0 Å². The summed E-state index contributed by atoms with van der Waals surface area (Å²) in [6.07, 6.45) is 3.41. The minimum atomic E-state index is -0.0899. The smallest absolute Gasteiger partial charge is 0.127 e. The van der Waals surface area contributed by atoms with Gasteiger partial charge in [-0.15, -0.1) is 0 Å². The summed E-state index contributed by atoms with van der Waals surface area (Å²) in [6.45, 7) is 0. The van der Waals surface area contributed by atoms with Crippen molar-refractivity contribution in [2.75, 3.05) is 0 Å². The topological polar surface area (TPSA) is 73.9 Å². The molecule has 0 saturated carbocycles. The Morgan fingerprint density at radius 2 is 1.82 bits per heavy atom. The highest BCUT2D eigenvalue weighted by molar-refractivity contribution is 6.44. The van der Waals surface area contributed by atoms with Crippen molar-refractivity contribution in [1.82, 2.24) is 10.6 Å². The zero-order valence-corrected chi connectivity index (χ0v) is 10.2. The molecule has 5 N–H and O–H groups in total. The van der Waals surface area contributed by atoms with Crippen molar-refractivity contribution in [2.45, 2.75) is 0 Å². The summed E-state index contributed by atoms with van der Waals surface area (Å²) in [6, 6.07) is 5.21. The monoisotopic (exact) mass is 268 g/mol. The predicted octanol–water partition coefficient (Wildman–Crippen LogP) is 2.26. The zero-order chi connectivity index (χ0) is 12.4. The van der Waals surface area contributed by atoms with Gasteiger partial charge < -0.3 is 16.4 Å². The van der Waals surface area contributed by atoms with Crippen LogP contribution in [0.4, 0.5) is 0 Å². The average molecular weight is 269 g/mol. The molecular formula is C11H10Cl2N4. The molecule has 0 fully saturated rings. The Bertz CT molecular complexity index is 524. The van der Waals surface area contributed by atoms with Crippen molar-refractivity contribution >= 4 is 34.6 Å². The van der Waals surface area contributed by atoms with Crippen molar-refractivity contribution in [1.29, 1.82) is 5.41 Å². The first-order valence-electron chi connectivity index (χ1n) is 4.82. The molecular weight excluding hydrogens is 259 g/mol. The van der Waals surface area contributed by atoms with E-state index in [0.717, 1.165) is 0 Å². The Hall–Kier alpha value is -1.65. The number of rotatable bonds is 2. The Kier molecular flexibility index (Phi) is 3.26. The van der Waals surface area contributed by atoms with Crippen molar-refractivity contribution in [3.8, 4) is 0 Å². The first-order valence-corrected chi connectivity index (χ1v) is 5.58. The van der Waals surface area contributed by atoms with Gasteiger partial charge in [0.1, 0.15) is 11.7 Å². The summed E-state index contributed by atoms with van der Waals surface area (Å²) in [5.41, 5.74) is 6.69. The van der Waals surface area contributed by atoms with Gasteiger partial charge in [0, 0.05) is 18.0 Å². The van der Waals surface area contributed by atoms with Crippen LogP contribution in [-0.4, -0.2) is 5.84 Å². The molecule has 0 aliphatic carbocycles. The van der Waals surface area contributed by atoms with Crippen molar-refractivity contribution in [2.24, 2.45) is 5.73 Å². The second-order valence-electron chi connectivity index (χ2n) is 3.39. The highest BCUT2D eigenvalue weighted by Crippen LogP contribution is 2.31. The van der Waals surface area contributed by atoms with E-state index in [1.54, 1.807) is 30.6 Å². The van der Waals surface area contributed by atoms with Gasteiger partial charge in [-0.25, -0.2) is 0 Å². The molecule has 0 spiro atoms.